The van der Waals surface area contributed by atoms with Crippen LogP contribution in [0.2, 0.25) is 0 Å². The fraction of sp³-hybridized carbons (Fsp3) is 0.739. The monoisotopic (exact) mass is 375 g/mol. The molecule has 152 valence electrons. The molecule has 0 spiro atoms. The minimum absolute atomic E-state index is 0.0929. The summed E-state index contributed by atoms with van der Waals surface area (Å²) in [6.45, 7) is 1.44. The maximum atomic E-state index is 12.8. The van der Waals surface area contributed by atoms with E-state index in [9.17, 15) is 9.59 Å². The quantitative estimate of drug-likeness (QED) is 0.655. The Morgan fingerprint density at radius 2 is 1.48 bits per heavy atom. The molecule has 0 saturated heterocycles. The molecular weight excluding hydrogens is 338 g/mol. The summed E-state index contributed by atoms with van der Waals surface area (Å²) in [6.07, 6.45) is 21.6. The number of carbonyl (C=O) groups excluding carboxylic acids is 2. The zero-order chi connectivity index (χ0) is 19.3. The third-order valence-electron chi connectivity index (χ3n) is 5.63. The molecule has 1 fully saturated rings. The first-order valence-corrected chi connectivity index (χ1v) is 11.0. The van der Waals surface area contributed by atoms with E-state index >= 15 is 0 Å². The molecule has 0 radical (unpaired) electrons. The standard InChI is InChI=1S/C23H37NO3/c1-19(25)27-22-17-11-6-4-2-3-5-8-13-20(14-12-18-22)23(26)24-21-15-9-7-10-16-21/h12,14,18,20-21H,2-11,13,15-17H2,1H3,(H,24,26)/b14-12-,22-18+/t20-/m1/s1. The minimum Gasteiger partial charge on any atom is -0.431 e. The van der Waals surface area contributed by atoms with Gasteiger partial charge < -0.3 is 10.1 Å². The van der Waals surface area contributed by atoms with Gasteiger partial charge in [0.15, 0.2) is 0 Å². The number of hydrogen-bond donors (Lipinski definition) is 1. The van der Waals surface area contributed by atoms with Crippen molar-refractivity contribution in [2.45, 2.75) is 103 Å². The van der Waals surface area contributed by atoms with Gasteiger partial charge in [-0.3, -0.25) is 9.59 Å². The van der Waals surface area contributed by atoms with Gasteiger partial charge in [0, 0.05) is 19.4 Å². The van der Waals surface area contributed by atoms with Crippen molar-refractivity contribution in [2.75, 3.05) is 0 Å². The molecule has 0 aliphatic heterocycles. The molecule has 1 N–H and O–H groups in total. The second kappa shape index (κ2) is 12.7. The Balaban J connectivity index is 2.01. The zero-order valence-electron chi connectivity index (χ0n) is 17.0. The average molecular weight is 376 g/mol. The predicted octanol–water partition coefficient (Wildman–Crippen LogP) is 5.58. The molecule has 0 heterocycles. The van der Waals surface area contributed by atoms with Crippen LogP contribution >= 0.6 is 0 Å². The predicted molar refractivity (Wildman–Crippen MR) is 109 cm³/mol. The molecule has 0 aromatic heterocycles. The highest BCUT2D eigenvalue weighted by atomic mass is 16.5. The Labute approximate surface area is 164 Å². The molecule has 2 aliphatic carbocycles. The number of hydrogen-bond acceptors (Lipinski definition) is 3. The first-order chi connectivity index (χ1) is 13.1. The Morgan fingerprint density at radius 1 is 0.889 bits per heavy atom. The summed E-state index contributed by atoms with van der Waals surface area (Å²) in [4.78, 5) is 24.1. The van der Waals surface area contributed by atoms with Gasteiger partial charge in [0.1, 0.15) is 5.76 Å². The zero-order valence-corrected chi connectivity index (χ0v) is 17.0. The molecule has 4 heteroatoms. The Kier molecular flexibility index (Phi) is 10.3. The Morgan fingerprint density at radius 3 is 2.19 bits per heavy atom. The van der Waals surface area contributed by atoms with E-state index in [2.05, 4.69) is 5.32 Å². The number of ether oxygens (including phenoxy) is 1. The van der Waals surface area contributed by atoms with E-state index in [1.165, 1.54) is 58.3 Å². The number of amides is 1. The summed E-state index contributed by atoms with van der Waals surface area (Å²) in [5.74, 6) is 0.502. The highest BCUT2D eigenvalue weighted by molar-refractivity contribution is 5.80. The summed E-state index contributed by atoms with van der Waals surface area (Å²) >= 11 is 0. The maximum Gasteiger partial charge on any atom is 0.307 e. The van der Waals surface area contributed by atoms with Crippen LogP contribution in [0.5, 0.6) is 0 Å². The first kappa shape index (κ1) is 21.7. The van der Waals surface area contributed by atoms with Crippen molar-refractivity contribution in [3.05, 3.63) is 24.0 Å². The van der Waals surface area contributed by atoms with Crippen LogP contribution < -0.4 is 5.32 Å². The maximum absolute atomic E-state index is 12.8. The molecule has 0 aromatic rings. The van der Waals surface area contributed by atoms with Crippen molar-refractivity contribution in [3.63, 3.8) is 0 Å². The molecule has 0 unspecified atom stereocenters. The fourth-order valence-electron chi connectivity index (χ4n) is 4.07. The van der Waals surface area contributed by atoms with Crippen LogP contribution in [-0.2, 0) is 14.3 Å². The third kappa shape index (κ3) is 9.25. The van der Waals surface area contributed by atoms with Crippen molar-refractivity contribution in [1.82, 2.24) is 5.32 Å². The SMILES string of the molecule is CC(=O)O/C1=C/C=C\[C@H](C(=O)NC2CCCCC2)CCCCCCCCC1. The van der Waals surface area contributed by atoms with E-state index in [0.29, 0.717) is 11.8 Å². The number of esters is 1. The van der Waals surface area contributed by atoms with Gasteiger partial charge in [0.25, 0.3) is 0 Å². The van der Waals surface area contributed by atoms with Crippen LogP contribution in [-0.4, -0.2) is 17.9 Å². The summed E-state index contributed by atoms with van der Waals surface area (Å²) in [5, 5.41) is 3.27. The van der Waals surface area contributed by atoms with Crippen molar-refractivity contribution in [3.8, 4) is 0 Å². The number of allylic oxidation sites excluding steroid dienone is 3. The van der Waals surface area contributed by atoms with E-state index in [1.54, 1.807) is 0 Å². The molecular formula is C23H37NO3. The van der Waals surface area contributed by atoms with Crippen LogP contribution in [0.1, 0.15) is 96.8 Å². The highest BCUT2D eigenvalue weighted by Gasteiger charge is 2.20. The molecule has 2 aliphatic rings. The van der Waals surface area contributed by atoms with E-state index in [4.69, 9.17) is 4.74 Å². The second-order valence-electron chi connectivity index (χ2n) is 8.08. The Hall–Kier alpha value is -1.58. The molecule has 0 bridgehead atoms. The lowest BCUT2D eigenvalue weighted by atomic mass is 9.93. The molecule has 0 aromatic carbocycles. The number of carbonyl (C=O) groups is 2. The average Bonchev–Trinajstić information content (AvgIpc) is 2.64. The van der Waals surface area contributed by atoms with Crippen LogP contribution in [0.15, 0.2) is 24.0 Å². The summed E-state index contributed by atoms with van der Waals surface area (Å²) < 4.78 is 5.34. The van der Waals surface area contributed by atoms with Gasteiger partial charge in [0.05, 0.1) is 5.92 Å². The van der Waals surface area contributed by atoms with Crippen LogP contribution in [0.3, 0.4) is 0 Å². The van der Waals surface area contributed by atoms with Crippen molar-refractivity contribution in [2.24, 2.45) is 5.92 Å². The fourth-order valence-corrected chi connectivity index (χ4v) is 4.07. The lowest BCUT2D eigenvalue weighted by molar-refractivity contribution is -0.137. The number of nitrogens with one attached hydrogen (secondary N) is 1. The van der Waals surface area contributed by atoms with Crippen LogP contribution in [0, 0.1) is 5.92 Å². The summed E-state index contributed by atoms with van der Waals surface area (Å²) in [6, 6.07) is 0.347. The van der Waals surface area contributed by atoms with Gasteiger partial charge in [-0.25, -0.2) is 0 Å². The van der Waals surface area contributed by atoms with Gasteiger partial charge in [0.2, 0.25) is 5.91 Å². The third-order valence-corrected chi connectivity index (χ3v) is 5.63. The van der Waals surface area contributed by atoms with Crippen molar-refractivity contribution >= 4 is 11.9 Å². The van der Waals surface area contributed by atoms with Crippen molar-refractivity contribution in [1.29, 1.82) is 0 Å². The lowest BCUT2D eigenvalue weighted by Crippen LogP contribution is -2.39. The molecule has 2 rings (SSSR count). The van der Waals surface area contributed by atoms with E-state index in [1.807, 2.05) is 18.2 Å². The molecule has 4 nitrogen and oxygen atoms in total. The normalized spacial score (nSPS) is 26.9. The van der Waals surface area contributed by atoms with Crippen LogP contribution in [0.25, 0.3) is 0 Å². The van der Waals surface area contributed by atoms with Gasteiger partial charge in [-0.15, -0.1) is 0 Å². The molecule has 1 atom stereocenters. The highest BCUT2D eigenvalue weighted by Crippen LogP contribution is 2.21. The van der Waals surface area contributed by atoms with Gasteiger partial charge in [-0.05, 0) is 31.8 Å². The lowest BCUT2D eigenvalue weighted by Gasteiger charge is -2.24. The van der Waals surface area contributed by atoms with E-state index in [-0.39, 0.29) is 17.8 Å². The number of rotatable bonds is 3. The summed E-state index contributed by atoms with van der Waals surface area (Å²) in [5.41, 5.74) is 0. The first-order valence-electron chi connectivity index (χ1n) is 11.0. The minimum atomic E-state index is -0.276. The van der Waals surface area contributed by atoms with Gasteiger partial charge in [-0.1, -0.05) is 69.9 Å². The van der Waals surface area contributed by atoms with E-state index in [0.717, 1.165) is 38.5 Å². The molecule has 27 heavy (non-hydrogen) atoms. The largest absolute Gasteiger partial charge is 0.431 e. The van der Waals surface area contributed by atoms with Gasteiger partial charge in [-0.2, -0.15) is 0 Å². The molecule has 1 saturated carbocycles. The van der Waals surface area contributed by atoms with E-state index < -0.39 is 0 Å². The smallest absolute Gasteiger partial charge is 0.307 e. The molecule has 1 amide bonds. The Bertz CT molecular complexity index is 518. The second-order valence-corrected chi connectivity index (χ2v) is 8.08. The van der Waals surface area contributed by atoms with Gasteiger partial charge >= 0.3 is 5.97 Å². The topological polar surface area (TPSA) is 55.4 Å². The van der Waals surface area contributed by atoms with Crippen LogP contribution in [0.4, 0.5) is 0 Å². The summed E-state index contributed by atoms with van der Waals surface area (Å²) in [7, 11) is 0. The van der Waals surface area contributed by atoms with Crippen molar-refractivity contribution < 1.29 is 14.3 Å².